The minimum atomic E-state index is -0.216. The largest absolute Gasteiger partial charge is 0.490 e. The highest BCUT2D eigenvalue weighted by Crippen LogP contribution is 2.29. The second kappa shape index (κ2) is 9.90. The summed E-state index contributed by atoms with van der Waals surface area (Å²) in [6.07, 6.45) is 0. The highest BCUT2D eigenvalue weighted by molar-refractivity contribution is 5.43. The fourth-order valence-corrected chi connectivity index (χ4v) is 2.85. The molecule has 0 atom stereocenters. The molecule has 0 bridgehead atoms. The molecule has 0 heterocycles. The van der Waals surface area contributed by atoms with Crippen molar-refractivity contribution in [2.45, 2.75) is 33.5 Å². The summed E-state index contributed by atoms with van der Waals surface area (Å²) in [6, 6.07) is 20.8. The Bertz CT molecular complexity index is 876. The maximum atomic E-state index is 13.0. The maximum Gasteiger partial charge on any atom is 0.161 e. The van der Waals surface area contributed by atoms with Gasteiger partial charge in [0.25, 0.3) is 0 Å². The molecule has 28 heavy (non-hydrogen) atoms. The molecule has 0 aliphatic rings. The van der Waals surface area contributed by atoms with Gasteiger partial charge in [-0.2, -0.15) is 0 Å². The minimum absolute atomic E-state index is 0.216. The van der Waals surface area contributed by atoms with E-state index in [1.807, 2.05) is 25.1 Å². The van der Waals surface area contributed by atoms with Crippen LogP contribution in [0.15, 0.2) is 66.7 Å². The summed E-state index contributed by atoms with van der Waals surface area (Å²) in [4.78, 5) is 0. The molecular formula is C24H26FNO2. The van der Waals surface area contributed by atoms with Gasteiger partial charge in [0.15, 0.2) is 11.5 Å². The Morgan fingerprint density at radius 1 is 0.750 bits per heavy atom. The molecule has 146 valence electrons. The van der Waals surface area contributed by atoms with E-state index in [1.54, 1.807) is 12.1 Å². The Kier molecular flexibility index (Phi) is 7.04. The predicted octanol–water partition coefficient (Wildman–Crippen LogP) is 5.40. The zero-order chi connectivity index (χ0) is 19.8. The first kappa shape index (κ1) is 19.9. The Hall–Kier alpha value is -2.85. The second-order valence-electron chi connectivity index (χ2n) is 6.72. The Balaban J connectivity index is 1.59. The molecule has 0 amide bonds. The van der Waals surface area contributed by atoms with Gasteiger partial charge in [0, 0.05) is 13.1 Å². The Morgan fingerprint density at radius 2 is 1.39 bits per heavy atom. The van der Waals surface area contributed by atoms with Gasteiger partial charge in [-0.1, -0.05) is 48.0 Å². The van der Waals surface area contributed by atoms with E-state index in [1.165, 1.54) is 17.7 Å². The fourth-order valence-electron chi connectivity index (χ4n) is 2.85. The van der Waals surface area contributed by atoms with Crippen LogP contribution in [0.1, 0.15) is 29.2 Å². The lowest BCUT2D eigenvalue weighted by molar-refractivity contribution is 0.269. The fraction of sp³-hybridized carbons (Fsp3) is 0.250. The molecule has 0 aliphatic heterocycles. The third-order valence-electron chi connectivity index (χ3n) is 4.39. The second-order valence-corrected chi connectivity index (χ2v) is 6.72. The van der Waals surface area contributed by atoms with Crippen LogP contribution in [0.25, 0.3) is 0 Å². The Labute approximate surface area is 166 Å². The number of halogens is 1. The van der Waals surface area contributed by atoms with Crippen molar-refractivity contribution in [2.24, 2.45) is 0 Å². The molecule has 0 radical (unpaired) electrons. The van der Waals surface area contributed by atoms with E-state index in [2.05, 4.69) is 36.5 Å². The number of aryl methyl sites for hydroxylation is 1. The van der Waals surface area contributed by atoms with E-state index < -0.39 is 0 Å². The van der Waals surface area contributed by atoms with Gasteiger partial charge in [-0.05, 0) is 54.8 Å². The third kappa shape index (κ3) is 5.83. The molecule has 4 heteroatoms. The summed E-state index contributed by atoms with van der Waals surface area (Å²) < 4.78 is 24.7. The predicted molar refractivity (Wildman–Crippen MR) is 110 cm³/mol. The highest BCUT2D eigenvalue weighted by Gasteiger charge is 2.07. The van der Waals surface area contributed by atoms with Crippen LogP contribution >= 0.6 is 0 Å². The van der Waals surface area contributed by atoms with Gasteiger partial charge in [-0.15, -0.1) is 0 Å². The van der Waals surface area contributed by atoms with Crippen LogP contribution in [-0.4, -0.2) is 6.61 Å². The summed E-state index contributed by atoms with van der Waals surface area (Å²) in [5, 5.41) is 3.37. The van der Waals surface area contributed by atoms with Gasteiger partial charge in [0.05, 0.1) is 6.61 Å². The van der Waals surface area contributed by atoms with E-state index in [9.17, 15) is 4.39 Å². The zero-order valence-electron chi connectivity index (χ0n) is 16.4. The van der Waals surface area contributed by atoms with E-state index >= 15 is 0 Å². The molecule has 0 aliphatic carbocycles. The molecular weight excluding hydrogens is 353 g/mol. The molecule has 0 saturated carbocycles. The van der Waals surface area contributed by atoms with Crippen molar-refractivity contribution < 1.29 is 13.9 Å². The molecule has 0 spiro atoms. The van der Waals surface area contributed by atoms with Crippen molar-refractivity contribution in [1.82, 2.24) is 5.32 Å². The van der Waals surface area contributed by atoms with Crippen LogP contribution in [-0.2, 0) is 19.7 Å². The average molecular weight is 379 g/mol. The number of nitrogens with one attached hydrogen (secondary N) is 1. The summed E-state index contributed by atoms with van der Waals surface area (Å²) >= 11 is 0. The average Bonchev–Trinajstić information content (AvgIpc) is 2.70. The van der Waals surface area contributed by atoms with E-state index in [4.69, 9.17) is 9.47 Å². The molecule has 0 aromatic heterocycles. The highest BCUT2D eigenvalue weighted by atomic mass is 19.1. The molecule has 1 N–H and O–H groups in total. The normalized spacial score (nSPS) is 10.7. The van der Waals surface area contributed by atoms with Crippen LogP contribution in [0.4, 0.5) is 4.39 Å². The number of rotatable bonds is 9. The van der Waals surface area contributed by atoms with Gasteiger partial charge in [0.2, 0.25) is 0 Å². The summed E-state index contributed by atoms with van der Waals surface area (Å²) in [6.45, 7) is 6.48. The first-order valence-corrected chi connectivity index (χ1v) is 9.53. The summed E-state index contributed by atoms with van der Waals surface area (Å²) in [5.74, 6) is 1.27. The quantitative estimate of drug-likeness (QED) is 0.540. The van der Waals surface area contributed by atoms with Gasteiger partial charge < -0.3 is 14.8 Å². The SMILES string of the molecule is CCOc1cc(CNCc2ccc(F)cc2)ccc1OCc1ccc(C)cc1. The van der Waals surface area contributed by atoms with Crippen LogP contribution in [0.3, 0.4) is 0 Å². The zero-order valence-corrected chi connectivity index (χ0v) is 16.4. The lowest BCUT2D eigenvalue weighted by atomic mass is 10.1. The van der Waals surface area contributed by atoms with Crippen molar-refractivity contribution >= 4 is 0 Å². The van der Waals surface area contributed by atoms with E-state index in [0.717, 1.165) is 28.2 Å². The molecule has 3 aromatic rings. The minimum Gasteiger partial charge on any atom is -0.490 e. The standard InChI is InChI=1S/C24H26FNO2/c1-3-27-24-14-21(16-26-15-19-8-11-22(25)12-9-19)10-13-23(24)28-17-20-6-4-18(2)5-7-20/h4-14,26H,3,15-17H2,1-2H3. The molecule has 3 rings (SSSR count). The summed E-state index contributed by atoms with van der Waals surface area (Å²) in [7, 11) is 0. The number of ether oxygens (including phenoxy) is 2. The van der Waals surface area contributed by atoms with Gasteiger partial charge >= 0.3 is 0 Å². The van der Waals surface area contributed by atoms with Gasteiger partial charge in [-0.3, -0.25) is 0 Å². The molecule has 0 unspecified atom stereocenters. The smallest absolute Gasteiger partial charge is 0.161 e. The van der Waals surface area contributed by atoms with Crippen molar-refractivity contribution in [1.29, 1.82) is 0 Å². The van der Waals surface area contributed by atoms with Crippen LogP contribution in [0.2, 0.25) is 0 Å². The van der Waals surface area contributed by atoms with Gasteiger partial charge in [0.1, 0.15) is 12.4 Å². The number of benzene rings is 3. The number of hydrogen-bond donors (Lipinski definition) is 1. The van der Waals surface area contributed by atoms with Crippen LogP contribution < -0.4 is 14.8 Å². The first-order valence-electron chi connectivity index (χ1n) is 9.53. The van der Waals surface area contributed by atoms with Gasteiger partial charge in [-0.25, -0.2) is 4.39 Å². The molecule has 3 aromatic carbocycles. The topological polar surface area (TPSA) is 30.5 Å². The van der Waals surface area contributed by atoms with Crippen molar-refractivity contribution in [3.63, 3.8) is 0 Å². The van der Waals surface area contributed by atoms with Crippen LogP contribution in [0.5, 0.6) is 11.5 Å². The monoisotopic (exact) mass is 379 g/mol. The molecule has 0 saturated heterocycles. The van der Waals surface area contributed by atoms with Crippen molar-refractivity contribution in [3.05, 3.63) is 94.8 Å². The summed E-state index contributed by atoms with van der Waals surface area (Å²) in [5.41, 5.74) is 4.51. The van der Waals surface area contributed by atoms with Crippen molar-refractivity contribution in [3.8, 4) is 11.5 Å². The lowest BCUT2D eigenvalue weighted by Gasteiger charge is -2.14. The third-order valence-corrected chi connectivity index (χ3v) is 4.39. The lowest BCUT2D eigenvalue weighted by Crippen LogP contribution is -2.13. The molecule has 3 nitrogen and oxygen atoms in total. The first-order chi connectivity index (χ1) is 13.6. The maximum absolute atomic E-state index is 13.0. The van der Waals surface area contributed by atoms with Crippen LogP contribution in [0, 0.1) is 12.7 Å². The van der Waals surface area contributed by atoms with E-state index in [0.29, 0.717) is 26.3 Å². The van der Waals surface area contributed by atoms with Crippen molar-refractivity contribution in [2.75, 3.05) is 6.61 Å². The number of hydrogen-bond acceptors (Lipinski definition) is 3. The van der Waals surface area contributed by atoms with E-state index in [-0.39, 0.29) is 5.82 Å². The Morgan fingerprint density at radius 3 is 2.11 bits per heavy atom. The molecule has 0 fully saturated rings.